The summed E-state index contributed by atoms with van der Waals surface area (Å²) in [4.78, 5) is 19.0. The maximum absolute atomic E-state index is 13.1. The number of hydrogen-bond acceptors (Lipinski definition) is 6. The molecule has 3 N–H and O–H groups in total. The Labute approximate surface area is 275 Å². The highest BCUT2D eigenvalue weighted by Gasteiger charge is 2.52. The van der Waals surface area contributed by atoms with Crippen LogP contribution >= 0.6 is 0 Å². The van der Waals surface area contributed by atoms with Gasteiger partial charge in [-0.15, -0.1) is 0 Å². The second-order valence-electron chi connectivity index (χ2n) is 14.3. The van der Waals surface area contributed by atoms with Crippen molar-refractivity contribution in [2.45, 2.75) is 82.5 Å². The summed E-state index contributed by atoms with van der Waals surface area (Å²) in [5, 5.41) is 26.8. The highest BCUT2D eigenvalue weighted by atomic mass is 16.2. The zero-order chi connectivity index (χ0) is 33.5. The number of carbonyl (C=O) groups excluding carboxylic acids is 1. The van der Waals surface area contributed by atoms with Gasteiger partial charge in [0.05, 0.1) is 11.5 Å². The molecule has 2 aliphatic carbocycles. The van der Waals surface area contributed by atoms with Gasteiger partial charge in [-0.2, -0.15) is 5.26 Å². The number of nitrogens with zero attached hydrogens (tertiary/aromatic N) is 4. The van der Waals surface area contributed by atoms with Crippen molar-refractivity contribution in [3.05, 3.63) is 88.6 Å². The summed E-state index contributed by atoms with van der Waals surface area (Å²) in [6.07, 6.45) is 4.27. The van der Waals surface area contributed by atoms with Gasteiger partial charge in [-0.05, 0) is 105 Å². The van der Waals surface area contributed by atoms with E-state index in [1.807, 2.05) is 31.1 Å². The number of aryl methyl sites for hydroxylation is 2. The fourth-order valence-corrected chi connectivity index (χ4v) is 7.62. The van der Waals surface area contributed by atoms with E-state index in [1.54, 1.807) is 19.0 Å². The number of rotatable bonds is 11. The summed E-state index contributed by atoms with van der Waals surface area (Å²) < 4.78 is 0. The Bertz CT molecular complexity index is 1510. The summed E-state index contributed by atoms with van der Waals surface area (Å²) in [5.74, 6) is 1.05. The van der Waals surface area contributed by atoms with E-state index < -0.39 is 5.41 Å². The molecule has 2 unspecified atom stereocenters. The molecule has 2 fully saturated rings. The number of amidine groups is 1. The zero-order valence-corrected chi connectivity index (χ0v) is 28.7. The van der Waals surface area contributed by atoms with Crippen molar-refractivity contribution in [1.29, 1.82) is 10.7 Å². The van der Waals surface area contributed by atoms with Gasteiger partial charge in [-0.3, -0.25) is 10.2 Å². The molecule has 1 heterocycles. The number of amides is 1. The van der Waals surface area contributed by atoms with Crippen molar-refractivity contribution in [2.24, 2.45) is 5.92 Å². The fraction of sp³-hybridized carbons (Fsp3) is 0.500. The number of nitriles is 1. The predicted molar refractivity (Wildman–Crippen MR) is 187 cm³/mol. The molecule has 0 spiro atoms. The second-order valence-corrected chi connectivity index (χ2v) is 14.3. The van der Waals surface area contributed by atoms with E-state index in [-0.39, 0.29) is 24.0 Å². The van der Waals surface area contributed by atoms with Gasteiger partial charge >= 0.3 is 0 Å². The Kier molecular flexibility index (Phi) is 9.38. The van der Waals surface area contributed by atoms with Gasteiger partial charge in [0.1, 0.15) is 11.9 Å². The van der Waals surface area contributed by atoms with Gasteiger partial charge in [0, 0.05) is 69.8 Å². The van der Waals surface area contributed by atoms with E-state index in [4.69, 9.17) is 0 Å². The lowest BCUT2D eigenvalue weighted by Gasteiger charge is -2.40. The van der Waals surface area contributed by atoms with Gasteiger partial charge in [-0.1, -0.05) is 31.4 Å². The van der Waals surface area contributed by atoms with Gasteiger partial charge in [0.15, 0.2) is 0 Å². The molecule has 0 aromatic heterocycles. The topological polar surface area (TPSA) is 98.5 Å². The lowest BCUT2D eigenvalue weighted by Crippen LogP contribution is -2.51. The maximum atomic E-state index is 13.1. The first kappa shape index (κ1) is 33.3. The van der Waals surface area contributed by atoms with Crippen LogP contribution in [-0.4, -0.2) is 85.3 Å². The van der Waals surface area contributed by atoms with Crippen LogP contribution in [-0.2, 0) is 18.3 Å². The molecular weight excluding hydrogens is 570 g/mol. The van der Waals surface area contributed by atoms with Gasteiger partial charge in [0.2, 0.25) is 0 Å². The quantitative estimate of drug-likeness (QED) is 0.237. The summed E-state index contributed by atoms with van der Waals surface area (Å²) >= 11 is 0. The van der Waals surface area contributed by atoms with E-state index in [0.29, 0.717) is 36.3 Å². The number of nitrogens with one attached hydrogen (secondary N) is 3. The predicted octanol–water partition coefficient (Wildman–Crippen LogP) is 5.15. The number of hydrogen-bond donors (Lipinski definition) is 3. The van der Waals surface area contributed by atoms with Gasteiger partial charge in [-0.25, -0.2) is 0 Å². The third kappa shape index (κ3) is 6.18. The highest BCUT2D eigenvalue weighted by molar-refractivity contribution is 5.97. The molecule has 8 nitrogen and oxygen atoms in total. The summed E-state index contributed by atoms with van der Waals surface area (Å²) in [5.41, 5.74) is 7.31. The third-order valence-corrected chi connectivity index (χ3v) is 10.1. The highest BCUT2D eigenvalue weighted by Crippen LogP contribution is 2.49. The van der Waals surface area contributed by atoms with Crippen LogP contribution in [0.25, 0.3) is 5.70 Å². The summed E-state index contributed by atoms with van der Waals surface area (Å²) in [6.45, 7) is 15.6. The Morgan fingerprint density at radius 3 is 2.20 bits per heavy atom. The van der Waals surface area contributed by atoms with Crippen molar-refractivity contribution in [3.8, 4) is 6.07 Å². The number of carbonyl (C=O) groups is 1. The maximum Gasteiger partial charge on any atom is 0.253 e. The van der Waals surface area contributed by atoms with Crippen molar-refractivity contribution in [2.75, 3.05) is 34.7 Å². The molecule has 1 saturated heterocycles. The first-order valence-corrected chi connectivity index (χ1v) is 16.6. The van der Waals surface area contributed by atoms with Crippen molar-refractivity contribution in [1.82, 2.24) is 25.3 Å². The van der Waals surface area contributed by atoms with Gasteiger partial charge in [0.25, 0.3) is 5.91 Å². The molecule has 1 amide bonds. The van der Waals surface area contributed by atoms with Crippen LogP contribution in [0.1, 0.15) is 78.2 Å². The molecule has 3 aliphatic rings. The monoisotopic (exact) mass is 621 g/mol. The molecule has 1 aliphatic heterocycles. The Hall–Kier alpha value is -4.09. The molecule has 0 radical (unpaired) electrons. The molecule has 46 heavy (non-hydrogen) atoms. The van der Waals surface area contributed by atoms with E-state index in [0.717, 1.165) is 59.3 Å². The van der Waals surface area contributed by atoms with Crippen molar-refractivity contribution >= 4 is 17.4 Å². The first-order valence-electron chi connectivity index (χ1n) is 16.6. The number of likely N-dealkylation sites (tertiary alicyclic amines) is 1. The lowest BCUT2D eigenvalue weighted by atomic mass is 9.67. The summed E-state index contributed by atoms with van der Waals surface area (Å²) in [7, 11) is 7.57. The normalized spacial score (nSPS) is 23.3. The Balaban J connectivity index is 1.58. The van der Waals surface area contributed by atoms with Crippen molar-refractivity contribution < 1.29 is 4.79 Å². The first-order chi connectivity index (χ1) is 21.8. The Morgan fingerprint density at radius 2 is 1.63 bits per heavy atom. The molecule has 1 saturated carbocycles. The molecule has 2 aromatic carbocycles. The molecule has 8 heteroatoms. The minimum atomic E-state index is -0.790. The third-order valence-electron chi connectivity index (χ3n) is 10.1. The van der Waals surface area contributed by atoms with Crippen LogP contribution in [0, 0.1) is 22.7 Å². The molecule has 244 valence electrons. The van der Waals surface area contributed by atoms with Crippen molar-refractivity contribution in [3.63, 3.8) is 0 Å². The van der Waals surface area contributed by atoms with Crippen LogP contribution in [0.5, 0.6) is 0 Å². The standard InChI is InChI=1S/C38H51N7O/c1-23(2)42-37(40)38(20-24(3)41-22-25(4)45-32(21-39)18-31-19-35(31)45)33-14-12-27(26(5)43(6)7)16-28(33)10-11-29-17-30(13-15-34(29)38)36(46)44(8)9/h12-17,23-24,31-32,35,41H,4-5,10-11,18-20,22H2,1-3,6-9H3,(H2,40,42)/t24-,31+,32?,35-,38?/m0/s1. The van der Waals surface area contributed by atoms with Crippen LogP contribution in [0.3, 0.4) is 0 Å². The molecule has 5 atom stereocenters. The van der Waals surface area contributed by atoms with E-state index in [1.165, 1.54) is 5.56 Å². The lowest BCUT2D eigenvalue weighted by molar-refractivity contribution is 0.0827. The molecule has 5 rings (SSSR count). The number of piperidine rings is 1. The van der Waals surface area contributed by atoms with Crippen LogP contribution in [0.15, 0.2) is 55.3 Å². The average Bonchev–Trinajstić information content (AvgIpc) is 3.71. The van der Waals surface area contributed by atoms with Crippen LogP contribution in [0.2, 0.25) is 0 Å². The minimum absolute atomic E-state index is 0.00232. The smallest absolute Gasteiger partial charge is 0.253 e. The number of benzene rings is 2. The number of fused-ring (bicyclic) bond motifs is 3. The van der Waals surface area contributed by atoms with E-state index in [9.17, 15) is 15.5 Å². The van der Waals surface area contributed by atoms with Gasteiger partial charge < -0.3 is 25.3 Å². The molecule has 2 aromatic rings. The van der Waals surface area contributed by atoms with E-state index in [2.05, 4.69) is 79.8 Å². The SMILES string of the molecule is C=C(c1ccc2c(c1)CCc1cc(C(=O)N(C)C)ccc1C2(C[C@H](C)NCC(=C)N1C(C#N)C[C@@H]2C[C@@H]21)C(=N)NC(C)C)N(C)C. The molecule has 0 bridgehead atoms. The average molecular weight is 622 g/mol. The minimum Gasteiger partial charge on any atom is -0.378 e. The zero-order valence-electron chi connectivity index (χ0n) is 28.7. The second kappa shape index (κ2) is 13.0. The Morgan fingerprint density at radius 1 is 1.02 bits per heavy atom. The van der Waals surface area contributed by atoms with Crippen LogP contribution < -0.4 is 10.6 Å². The molecular formula is C38H51N7O. The summed E-state index contributed by atoms with van der Waals surface area (Å²) in [6, 6.07) is 15.5. The largest absolute Gasteiger partial charge is 0.378 e. The van der Waals surface area contributed by atoms with Crippen LogP contribution in [0.4, 0.5) is 0 Å². The fourth-order valence-electron chi connectivity index (χ4n) is 7.62. The van der Waals surface area contributed by atoms with E-state index >= 15 is 0 Å².